The average Bonchev–Trinajstić information content (AvgIpc) is 1.52. The molecule has 1 amide bonds. The summed E-state index contributed by atoms with van der Waals surface area (Å²) in [7, 11) is -2.20. The van der Waals surface area contributed by atoms with Gasteiger partial charge in [0, 0.05) is 156 Å². The second-order valence-corrected chi connectivity index (χ2v) is 30.3. The van der Waals surface area contributed by atoms with E-state index in [-0.39, 0.29) is 39.4 Å². The third-order valence-corrected chi connectivity index (χ3v) is 23.5. The molecule has 2 unspecified atom stereocenters. The molecule has 2 atom stereocenters. The highest BCUT2D eigenvalue weighted by Gasteiger charge is 2.31. The first-order chi connectivity index (χ1) is 46.2. The fourth-order valence-corrected chi connectivity index (χ4v) is 17.0. The van der Waals surface area contributed by atoms with Crippen molar-refractivity contribution < 1.29 is 53.0 Å². The molecular formula is C69H74F2N12O10S3. The first kappa shape index (κ1) is 66.0. The Morgan fingerprint density at radius 3 is 1.44 bits per heavy atom. The fourth-order valence-electron chi connectivity index (χ4n) is 13.0. The number of amides is 1. The Labute approximate surface area is 556 Å². The van der Waals surface area contributed by atoms with Gasteiger partial charge in [0.15, 0.2) is 12.3 Å². The monoisotopic (exact) mass is 1360 g/mol. The Morgan fingerprint density at radius 2 is 0.990 bits per heavy atom. The van der Waals surface area contributed by atoms with Crippen LogP contribution >= 0.6 is 0 Å². The summed E-state index contributed by atoms with van der Waals surface area (Å²) >= 11 is 0. The predicted octanol–water partition coefficient (Wildman–Crippen LogP) is 9.04. The normalized spacial score (nSPS) is 19.1. The highest BCUT2D eigenvalue weighted by molar-refractivity contribution is 7.90. The Morgan fingerprint density at radius 1 is 0.531 bits per heavy atom. The number of hydrogen-bond donors (Lipinski definition) is 1. The van der Waals surface area contributed by atoms with Crippen LogP contribution in [0, 0.1) is 11.6 Å². The van der Waals surface area contributed by atoms with Crippen LogP contribution in [0.15, 0.2) is 161 Å². The van der Waals surface area contributed by atoms with Gasteiger partial charge in [-0.3, -0.25) is 4.79 Å². The van der Waals surface area contributed by atoms with E-state index < -0.39 is 41.7 Å². The fraction of sp³-hybridized carbons (Fsp3) is 0.333. The molecule has 15 rings (SSSR count). The predicted molar refractivity (Wildman–Crippen MR) is 366 cm³/mol. The van der Waals surface area contributed by atoms with Crippen LogP contribution in [0.3, 0.4) is 0 Å². The molecule has 0 saturated carbocycles. The second kappa shape index (κ2) is 27.1. The summed E-state index contributed by atoms with van der Waals surface area (Å²) in [5.74, 6) is 0.675. The molecule has 12 heterocycles. The van der Waals surface area contributed by atoms with Gasteiger partial charge in [0.1, 0.15) is 38.8 Å². The highest BCUT2D eigenvalue weighted by Crippen LogP contribution is 2.39. The molecule has 502 valence electrons. The summed E-state index contributed by atoms with van der Waals surface area (Å²) < 4.78 is 129. The number of rotatable bonds is 13. The number of nitrogens with zero attached hydrogens (tertiary/aromatic N) is 11. The maximum Gasteiger partial charge on any atom is 0.270 e. The first-order valence-corrected chi connectivity index (χ1v) is 36.0. The van der Waals surface area contributed by atoms with E-state index in [4.69, 9.17) is 14.2 Å². The zero-order valence-corrected chi connectivity index (χ0v) is 56.3. The van der Waals surface area contributed by atoms with Crippen molar-refractivity contribution in [2.75, 3.05) is 123 Å². The Kier molecular flexibility index (Phi) is 18.6. The minimum absolute atomic E-state index is 0.0209. The van der Waals surface area contributed by atoms with Gasteiger partial charge in [-0.25, -0.2) is 60.9 Å². The van der Waals surface area contributed by atoms with E-state index in [0.29, 0.717) is 44.5 Å². The van der Waals surface area contributed by atoms with Crippen molar-refractivity contribution in [1.29, 1.82) is 0 Å². The van der Waals surface area contributed by atoms with Crippen molar-refractivity contribution in [2.24, 2.45) is 0 Å². The lowest BCUT2D eigenvalue weighted by Gasteiger charge is -2.21. The Hall–Kier alpha value is -8.67. The third kappa shape index (κ3) is 13.2. The smallest absolute Gasteiger partial charge is 0.270 e. The van der Waals surface area contributed by atoms with Gasteiger partial charge in [0.05, 0.1) is 33.8 Å². The SMILES string of the molecule is CN1CC=C(c2cn(S(=O)(=O)c3ccc4c(c3)OCC(=O)N4)c3ccc(F)cc23)CC1.COC1CCN(c2ccc(S(=O)(=O)n3cc(C4=CCN(C)CC4)c4cc(F)ccc43)cn2)C1.COC1CCN(c2ccc(S(=O)(=O)n3cc(C4=CCN(C)CC4)c4cccnc43)cn2)C1. The number of likely N-dealkylation sites (N-methyl/N-ethyl adjacent to an activating group) is 3. The van der Waals surface area contributed by atoms with Crippen molar-refractivity contribution in [2.45, 2.75) is 59.0 Å². The summed E-state index contributed by atoms with van der Waals surface area (Å²) in [5.41, 5.74) is 7.32. The Bertz CT molecular complexity index is 4920. The number of carbonyl (C=O) groups is 1. The summed E-state index contributed by atoms with van der Waals surface area (Å²) in [6.45, 7) is 8.00. The van der Waals surface area contributed by atoms with E-state index >= 15 is 0 Å². The molecule has 0 spiro atoms. The van der Waals surface area contributed by atoms with Crippen LogP contribution in [0.2, 0.25) is 0 Å². The van der Waals surface area contributed by atoms with Crippen LogP contribution in [-0.2, 0) is 44.3 Å². The molecule has 27 heteroatoms. The molecule has 6 aliphatic rings. The van der Waals surface area contributed by atoms with Crippen molar-refractivity contribution in [1.82, 2.24) is 41.6 Å². The maximum absolute atomic E-state index is 14.1. The standard InChI is InChI=1S/C24H27FN4O3S.C23H27N5O3S.C22H20FN3O4S/c1-27-10-7-17(8-11-27)22-16-29(23-5-3-18(25)13-21(22)23)33(30,31)20-4-6-24(26-14-20)28-12-9-19(15-28)32-2;1-26-11-7-17(8-12-26)21-16-28(23-20(21)4-3-10-24-23)32(29,30)19-5-6-22(25-14-19)27-13-9-18(15-27)31-2;1-25-8-6-14(7-9-25)18-12-26(20-5-2-15(23)10-17(18)20)31(28,29)16-3-4-19-21(11-16)30-13-22(27)24-19/h3-7,13-14,16,19H,8-12,15H2,1-2H3;3-7,10,14,16,18H,8-9,11-13,15H2,1-2H3;2-6,10-12H,7-9,13H2,1H3,(H,24,27). The van der Waals surface area contributed by atoms with Gasteiger partial charge < -0.3 is 44.0 Å². The number of anilines is 3. The van der Waals surface area contributed by atoms with Gasteiger partial charge >= 0.3 is 0 Å². The quantitative estimate of drug-likeness (QED) is 0.113. The molecule has 22 nitrogen and oxygen atoms in total. The lowest BCUT2D eigenvalue weighted by molar-refractivity contribution is -0.118. The molecule has 6 aromatic heterocycles. The molecule has 6 aliphatic heterocycles. The number of benzene rings is 3. The van der Waals surface area contributed by atoms with E-state index in [0.717, 1.165) is 142 Å². The van der Waals surface area contributed by atoms with Gasteiger partial charge in [-0.15, -0.1) is 0 Å². The summed E-state index contributed by atoms with van der Waals surface area (Å²) in [6, 6.07) is 23.2. The number of fused-ring (bicyclic) bond motifs is 4. The van der Waals surface area contributed by atoms with Gasteiger partial charge in [-0.1, -0.05) is 18.2 Å². The summed E-state index contributed by atoms with van der Waals surface area (Å²) in [4.78, 5) is 35.8. The molecule has 2 fully saturated rings. The van der Waals surface area contributed by atoms with Crippen LogP contribution < -0.4 is 19.9 Å². The summed E-state index contributed by atoms with van der Waals surface area (Å²) in [5, 5.41) is 4.65. The lowest BCUT2D eigenvalue weighted by Crippen LogP contribution is -2.25. The van der Waals surface area contributed by atoms with Crippen LogP contribution in [0.25, 0.3) is 49.6 Å². The first-order valence-electron chi connectivity index (χ1n) is 31.7. The topological polar surface area (TPSA) is 229 Å². The number of ether oxygens (including phenoxy) is 3. The molecule has 0 radical (unpaired) electrons. The molecule has 3 aromatic carbocycles. The van der Waals surface area contributed by atoms with Crippen LogP contribution in [0.4, 0.5) is 26.1 Å². The Balaban J connectivity index is 0.000000130. The van der Waals surface area contributed by atoms with Gasteiger partial charge in [0.25, 0.3) is 36.0 Å². The second-order valence-electron chi connectivity index (χ2n) is 24.8. The number of aromatic nitrogens is 6. The van der Waals surface area contributed by atoms with E-state index in [1.807, 2.05) is 26.2 Å². The zero-order chi connectivity index (χ0) is 67.2. The summed E-state index contributed by atoms with van der Waals surface area (Å²) in [6.07, 6.45) is 20.3. The van der Waals surface area contributed by atoms with E-state index in [2.05, 4.69) is 70.0 Å². The molecule has 0 aliphatic carbocycles. The van der Waals surface area contributed by atoms with Crippen molar-refractivity contribution in [3.8, 4) is 5.75 Å². The van der Waals surface area contributed by atoms with Gasteiger partial charge in [-0.05, 0) is 155 Å². The van der Waals surface area contributed by atoms with Crippen molar-refractivity contribution in [3.63, 3.8) is 0 Å². The molecule has 96 heavy (non-hydrogen) atoms. The molecule has 1 N–H and O–H groups in total. The molecule has 9 aromatic rings. The zero-order valence-electron chi connectivity index (χ0n) is 53.8. The minimum Gasteiger partial charge on any atom is -0.482 e. The minimum atomic E-state index is -3.99. The average molecular weight is 1370 g/mol. The van der Waals surface area contributed by atoms with E-state index in [1.165, 1.54) is 78.9 Å². The molecular weight excluding hydrogens is 1290 g/mol. The third-order valence-electron chi connectivity index (χ3n) is 18.6. The van der Waals surface area contributed by atoms with Crippen molar-refractivity contribution in [3.05, 3.63) is 175 Å². The number of pyridine rings is 3. The van der Waals surface area contributed by atoms with Gasteiger partial charge in [-0.2, -0.15) is 0 Å². The number of carbonyl (C=O) groups excluding carboxylic acids is 1. The molecule has 0 bridgehead atoms. The number of halogens is 2. The highest BCUT2D eigenvalue weighted by atomic mass is 32.2. The van der Waals surface area contributed by atoms with Crippen molar-refractivity contribution >= 4 is 103 Å². The number of methoxy groups -OCH3 is 2. The van der Waals surface area contributed by atoms with E-state index in [9.17, 15) is 38.8 Å². The maximum atomic E-state index is 14.1. The molecule has 2 saturated heterocycles. The largest absolute Gasteiger partial charge is 0.482 e. The van der Waals surface area contributed by atoms with Crippen LogP contribution in [0.5, 0.6) is 5.75 Å². The lowest BCUT2D eigenvalue weighted by atomic mass is 9.99. The van der Waals surface area contributed by atoms with E-state index in [1.54, 1.807) is 63.3 Å². The number of hydrogen-bond acceptors (Lipinski definition) is 18. The van der Waals surface area contributed by atoms with Crippen LogP contribution in [-0.4, -0.2) is 192 Å². The van der Waals surface area contributed by atoms with Crippen LogP contribution in [0.1, 0.15) is 48.8 Å². The van der Waals surface area contributed by atoms with Gasteiger partial charge in [0.2, 0.25) is 0 Å². The number of nitrogens with one attached hydrogen (secondary N) is 1.